The second kappa shape index (κ2) is 5.83. The van der Waals surface area contributed by atoms with Gasteiger partial charge < -0.3 is 5.32 Å². The van der Waals surface area contributed by atoms with Gasteiger partial charge in [-0.15, -0.1) is 5.10 Å². The Morgan fingerprint density at radius 2 is 1.95 bits per heavy atom. The molecular weight excluding hydrogens is 273 g/mol. The predicted octanol–water partition coefficient (Wildman–Crippen LogP) is 1.60. The first-order valence-corrected chi connectivity index (χ1v) is 5.74. The molecule has 0 amide bonds. The number of benzene rings is 1. The molecule has 0 aliphatic carbocycles. The molecule has 0 saturated carbocycles. The molecule has 1 aromatic heterocycles. The summed E-state index contributed by atoms with van der Waals surface area (Å²) in [6.45, 7) is -1.65. The van der Waals surface area contributed by atoms with Crippen molar-refractivity contribution in [2.24, 2.45) is 0 Å². The number of nitrogens with one attached hydrogen (secondary N) is 1. The van der Waals surface area contributed by atoms with E-state index in [9.17, 15) is 18.0 Å². The van der Waals surface area contributed by atoms with Crippen molar-refractivity contribution in [2.45, 2.75) is 6.18 Å². The van der Waals surface area contributed by atoms with Crippen molar-refractivity contribution in [2.75, 3.05) is 13.1 Å². The zero-order valence-electron chi connectivity index (χ0n) is 10.3. The predicted molar refractivity (Wildman–Crippen MR) is 64.6 cm³/mol. The van der Waals surface area contributed by atoms with Crippen LogP contribution in [-0.2, 0) is 0 Å². The van der Waals surface area contributed by atoms with Crippen LogP contribution in [0.1, 0.15) is 10.5 Å². The maximum Gasteiger partial charge on any atom is 0.401 e. The number of Topliss-reactive ketones (excluding diaryl/α,β-unsaturated/α-hetero) is 1. The first-order chi connectivity index (χ1) is 9.47. The molecule has 0 aliphatic heterocycles. The van der Waals surface area contributed by atoms with E-state index in [2.05, 4.69) is 10.3 Å². The summed E-state index contributed by atoms with van der Waals surface area (Å²) in [5.74, 6) is -0.511. The molecule has 0 unspecified atom stereocenters. The van der Waals surface area contributed by atoms with Gasteiger partial charge in [0.1, 0.15) is 5.69 Å². The average Bonchev–Trinajstić information content (AvgIpc) is 2.87. The summed E-state index contributed by atoms with van der Waals surface area (Å²) in [6.07, 6.45) is -3.12. The first kappa shape index (κ1) is 14.2. The van der Waals surface area contributed by atoms with E-state index in [0.29, 0.717) is 5.69 Å². The summed E-state index contributed by atoms with van der Waals surface area (Å²) >= 11 is 0. The highest BCUT2D eigenvalue weighted by atomic mass is 19.4. The number of nitrogens with zero attached hydrogens (tertiary/aromatic N) is 3. The number of para-hydroxylation sites is 1. The lowest BCUT2D eigenvalue weighted by Crippen LogP contribution is -2.33. The van der Waals surface area contributed by atoms with Gasteiger partial charge in [0.25, 0.3) is 0 Å². The highest BCUT2D eigenvalue weighted by Crippen LogP contribution is 2.12. The maximum atomic E-state index is 12.0. The van der Waals surface area contributed by atoms with Crippen molar-refractivity contribution in [1.82, 2.24) is 20.3 Å². The standard InChI is InChI=1S/C12H11F3N4O/c13-12(14,15)8-16-7-11(20)10-6-17-18-19(10)9-4-2-1-3-5-9/h1-6,16H,7-8H2. The van der Waals surface area contributed by atoms with Crippen molar-refractivity contribution in [1.29, 1.82) is 0 Å². The summed E-state index contributed by atoms with van der Waals surface area (Å²) < 4.78 is 37.3. The van der Waals surface area contributed by atoms with Gasteiger partial charge in [-0.3, -0.25) is 4.79 Å². The molecule has 20 heavy (non-hydrogen) atoms. The van der Waals surface area contributed by atoms with Crippen molar-refractivity contribution in [3.8, 4) is 5.69 Å². The molecule has 2 aromatic rings. The van der Waals surface area contributed by atoms with Crippen molar-refractivity contribution >= 4 is 5.78 Å². The number of aromatic nitrogens is 3. The molecule has 0 bridgehead atoms. The summed E-state index contributed by atoms with van der Waals surface area (Å²) in [5, 5.41) is 9.43. The molecule has 5 nitrogen and oxygen atoms in total. The van der Waals surface area contributed by atoms with E-state index >= 15 is 0 Å². The number of carbonyl (C=O) groups is 1. The van der Waals surface area contributed by atoms with Crippen LogP contribution in [0.2, 0.25) is 0 Å². The Morgan fingerprint density at radius 1 is 1.25 bits per heavy atom. The second-order valence-electron chi connectivity index (χ2n) is 4.01. The summed E-state index contributed by atoms with van der Waals surface area (Å²) in [5.41, 5.74) is 0.745. The lowest BCUT2D eigenvalue weighted by molar-refractivity contribution is -0.124. The van der Waals surface area contributed by atoms with Crippen LogP contribution in [0.15, 0.2) is 36.5 Å². The Balaban J connectivity index is 2.07. The quantitative estimate of drug-likeness (QED) is 0.847. The fraction of sp³-hybridized carbons (Fsp3) is 0.250. The van der Waals surface area contributed by atoms with Crippen LogP contribution < -0.4 is 5.32 Å². The largest absolute Gasteiger partial charge is 0.401 e. The Labute approximate surface area is 112 Å². The van der Waals surface area contributed by atoms with Gasteiger partial charge in [0.15, 0.2) is 5.78 Å². The number of alkyl halides is 3. The van der Waals surface area contributed by atoms with E-state index in [1.54, 1.807) is 30.3 Å². The Kier molecular flexibility index (Phi) is 4.14. The number of halogens is 3. The van der Waals surface area contributed by atoms with Crippen LogP contribution in [0, 0.1) is 0 Å². The number of rotatable bonds is 5. The number of hydrogen-bond acceptors (Lipinski definition) is 4. The zero-order valence-corrected chi connectivity index (χ0v) is 10.3. The normalized spacial score (nSPS) is 11.6. The third kappa shape index (κ3) is 3.64. The molecule has 2 rings (SSSR count). The highest BCUT2D eigenvalue weighted by Gasteiger charge is 2.27. The summed E-state index contributed by atoms with van der Waals surface area (Å²) in [6, 6.07) is 8.75. The zero-order chi connectivity index (χ0) is 14.6. The molecule has 106 valence electrons. The molecule has 1 N–H and O–H groups in total. The molecule has 0 atom stereocenters. The minimum atomic E-state index is -4.35. The van der Waals surface area contributed by atoms with E-state index in [0.717, 1.165) is 0 Å². The second-order valence-corrected chi connectivity index (χ2v) is 4.01. The van der Waals surface area contributed by atoms with Crippen molar-refractivity contribution < 1.29 is 18.0 Å². The molecule has 1 heterocycles. The Hall–Kier alpha value is -2.22. The van der Waals surface area contributed by atoms with Gasteiger partial charge in [0, 0.05) is 0 Å². The van der Waals surface area contributed by atoms with E-state index in [1.165, 1.54) is 10.9 Å². The van der Waals surface area contributed by atoms with Gasteiger partial charge in [-0.1, -0.05) is 23.4 Å². The minimum Gasteiger partial charge on any atom is -0.301 e. The summed E-state index contributed by atoms with van der Waals surface area (Å²) in [7, 11) is 0. The number of ketones is 1. The Bertz CT molecular complexity index is 580. The molecule has 8 heteroatoms. The van der Waals surface area contributed by atoms with Gasteiger partial charge in [0.2, 0.25) is 0 Å². The lowest BCUT2D eigenvalue weighted by Gasteiger charge is -2.08. The molecule has 0 spiro atoms. The van der Waals surface area contributed by atoms with Gasteiger partial charge >= 0.3 is 6.18 Å². The van der Waals surface area contributed by atoms with E-state index in [-0.39, 0.29) is 5.69 Å². The molecule has 0 saturated heterocycles. The van der Waals surface area contributed by atoms with Crippen LogP contribution in [0.4, 0.5) is 13.2 Å². The fourth-order valence-corrected chi connectivity index (χ4v) is 1.59. The van der Waals surface area contributed by atoms with Crippen LogP contribution in [0.5, 0.6) is 0 Å². The van der Waals surface area contributed by atoms with E-state index in [1.807, 2.05) is 5.32 Å². The van der Waals surface area contributed by atoms with Crippen molar-refractivity contribution in [3.63, 3.8) is 0 Å². The number of hydrogen-bond donors (Lipinski definition) is 1. The van der Waals surface area contributed by atoms with Crippen molar-refractivity contribution in [3.05, 3.63) is 42.2 Å². The van der Waals surface area contributed by atoms with Gasteiger partial charge in [0.05, 0.1) is 25.0 Å². The maximum absolute atomic E-state index is 12.0. The third-order valence-electron chi connectivity index (χ3n) is 2.45. The SMILES string of the molecule is O=C(CNCC(F)(F)F)c1cnnn1-c1ccccc1. The monoisotopic (exact) mass is 284 g/mol. The Morgan fingerprint density at radius 3 is 2.60 bits per heavy atom. The smallest absolute Gasteiger partial charge is 0.301 e. The molecule has 0 fully saturated rings. The van der Waals surface area contributed by atoms with Crippen LogP contribution in [-0.4, -0.2) is 40.0 Å². The third-order valence-corrected chi connectivity index (χ3v) is 2.45. The topological polar surface area (TPSA) is 59.8 Å². The van der Waals surface area contributed by atoms with Crippen LogP contribution >= 0.6 is 0 Å². The lowest BCUT2D eigenvalue weighted by atomic mass is 10.2. The van der Waals surface area contributed by atoms with Gasteiger partial charge in [-0.2, -0.15) is 13.2 Å². The molecular formula is C12H11F3N4O. The molecule has 0 aliphatic rings. The minimum absolute atomic E-state index is 0.130. The first-order valence-electron chi connectivity index (χ1n) is 5.74. The highest BCUT2D eigenvalue weighted by molar-refractivity contribution is 5.96. The summed E-state index contributed by atoms with van der Waals surface area (Å²) in [4.78, 5) is 11.9. The molecule has 0 radical (unpaired) electrons. The van der Waals surface area contributed by atoms with E-state index < -0.39 is 25.0 Å². The van der Waals surface area contributed by atoms with Crippen LogP contribution in [0.25, 0.3) is 5.69 Å². The number of carbonyl (C=O) groups excluding carboxylic acids is 1. The van der Waals surface area contributed by atoms with Gasteiger partial charge in [-0.05, 0) is 12.1 Å². The van der Waals surface area contributed by atoms with Gasteiger partial charge in [-0.25, -0.2) is 4.68 Å². The molecule has 1 aromatic carbocycles. The van der Waals surface area contributed by atoms with Crippen LogP contribution in [0.3, 0.4) is 0 Å². The fourth-order valence-electron chi connectivity index (χ4n) is 1.59. The van der Waals surface area contributed by atoms with E-state index in [4.69, 9.17) is 0 Å². The average molecular weight is 284 g/mol.